The zero-order chi connectivity index (χ0) is 17.2. The SMILES string of the molecule is C[C@H](O)[C@@H](N)CO.Cc1cccc(C)c1N=Nc1ccccc1. The van der Waals surface area contributed by atoms with Crippen LogP contribution in [0.25, 0.3) is 0 Å². The van der Waals surface area contributed by atoms with E-state index in [0.717, 1.165) is 22.5 Å². The molecule has 0 aliphatic carbocycles. The Morgan fingerprint density at radius 3 is 1.96 bits per heavy atom. The lowest BCUT2D eigenvalue weighted by molar-refractivity contribution is 0.123. The Kier molecular flexibility index (Phi) is 8.11. The van der Waals surface area contributed by atoms with Gasteiger partial charge in [0, 0.05) is 0 Å². The average molecular weight is 315 g/mol. The van der Waals surface area contributed by atoms with E-state index in [1.807, 2.05) is 62.4 Å². The van der Waals surface area contributed by atoms with Crippen LogP contribution in [-0.2, 0) is 0 Å². The van der Waals surface area contributed by atoms with Gasteiger partial charge in [-0.2, -0.15) is 10.2 Å². The minimum atomic E-state index is -0.606. The third kappa shape index (κ3) is 6.69. The van der Waals surface area contributed by atoms with Crippen LogP contribution >= 0.6 is 0 Å². The van der Waals surface area contributed by atoms with E-state index in [9.17, 15) is 0 Å². The summed E-state index contributed by atoms with van der Waals surface area (Å²) in [6.45, 7) is 5.48. The normalized spacial score (nSPS) is 13.3. The Bertz CT molecular complexity index is 593. The first kappa shape index (κ1) is 19.0. The summed E-state index contributed by atoms with van der Waals surface area (Å²) in [6.07, 6.45) is -0.606. The molecule has 0 spiro atoms. The van der Waals surface area contributed by atoms with Crippen molar-refractivity contribution >= 4 is 11.4 Å². The number of azo groups is 1. The second-order valence-corrected chi connectivity index (χ2v) is 5.36. The minimum Gasteiger partial charge on any atom is -0.395 e. The van der Waals surface area contributed by atoms with Gasteiger partial charge in [0.1, 0.15) is 0 Å². The standard InChI is InChI=1S/C14H14N2.C4H11NO2/c1-11-7-6-8-12(2)14(11)16-15-13-9-4-3-5-10-13;1-3(7)4(5)2-6/h3-10H,1-2H3;3-4,6-7H,2,5H2,1H3/t;3-,4-/m.0/s1. The quantitative estimate of drug-likeness (QED) is 0.755. The van der Waals surface area contributed by atoms with Gasteiger partial charge in [0.2, 0.25) is 0 Å². The Hall–Kier alpha value is -2.08. The van der Waals surface area contributed by atoms with Crippen LogP contribution in [0.1, 0.15) is 18.1 Å². The Balaban J connectivity index is 0.000000322. The highest BCUT2D eigenvalue weighted by Gasteiger charge is 2.04. The summed E-state index contributed by atoms with van der Waals surface area (Å²) in [4.78, 5) is 0. The van der Waals surface area contributed by atoms with Crippen molar-refractivity contribution in [1.29, 1.82) is 0 Å². The average Bonchev–Trinajstić information content (AvgIpc) is 2.55. The number of hydrogen-bond acceptors (Lipinski definition) is 5. The molecule has 0 saturated carbocycles. The Morgan fingerprint density at radius 2 is 1.52 bits per heavy atom. The molecule has 0 bridgehead atoms. The van der Waals surface area contributed by atoms with E-state index in [-0.39, 0.29) is 6.61 Å². The molecule has 0 aliphatic heterocycles. The predicted molar refractivity (Wildman–Crippen MR) is 93.3 cm³/mol. The topological polar surface area (TPSA) is 91.2 Å². The van der Waals surface area contributed by atoms with Gasteiger partial charge in [-0.3, -0.25) is 0 Å². The van der Waals surface area contributed by atoms with Gasteiger partial charge in [-0.25, -0.2) is 0 Å². The molecule has 2 aromatic rings. The molecule has 0 aliphatic rings. The molecule has 0 aromatic heterocycles. The number of rotatable bonds is 4. The number of aliphatic hydroxyl groups is 2. The molecule has 2 aromatic carbocycles. The lowest BCUT2D eigenvalue weighted by atomic mass is 10.1. The molecule has 0 fully saturated rings. The van der Waals surface area contributed by atoms with Crippen LogP contribution in [0.15, 0.2) is 58.8 Å². The molecule has 0 radical (unpaired) electrons. The minimum absolute atomic E-state index is 0.155. The van der Waals surface area contributed by atoms with E-state index in [0.29, 0.717) is 0 Å². The maximum Gasteiger partial charge on any atom is 0.0915 e. The first-order chi connectivity index (χ1) is 11.0. The van der Waals surface area contributed by atoms with Crippen molar-refractivity contribution < 1.29 is 10.2 Å². The number of benzene rings is 2. The van der Waals surface area contributed by atoms with Crippen molar-refractivity contribution in [2.75, 3.05) is 6.61 Å². The summed E-state index contributed by atoms with van der Waals surface area (Å²) in [5.41, 5.74) is 9.26. The van der Waals surface area contributed by atoms with Crippen LogP contribution in [-0.4, -0.2) is 29.0 Å². The van der Waals surface area contributed by atoms with E-state index >= 15 is 0 Å². The maximum absolute atomic E-state index is 8.54. The fourth-order valence-electron chi connectivity index (χ4n) is 1.72. The summed E-state index contributed by atoms with van der Waals surface area (Å²) in [6, 6.07) is 15.4. The van der Waals surface area contributed by atoms with Crippen molar-refractivity contribution in [3.63, 3.8) is 0 Å². The van der Waals surface area contributed by atoms with Crippen LogP contribution in [0.3, 0.4) is 0 Å². The van der Waals surface area contributed by atoms with Gasteiger partial charge in [0.15, 0.2) is 0 Å². The van der Waals surface area contributed by atoms with Crippen LogP contribution in [0, 0.1) is 13.8 Å². The van der Waals surface area contributed by atoms with Crippen molar-refractivity contribution in [3.05, 3.63) is 59.7 Å². The predicted octanol–water partition coefficient (Wildman–Crippen LogP) is 3.41. The van der Waals surface area contributed by atoms with Crippen LogP contribution in [0.2, 0.25) is 0 Å². The van der Waals surface area contributed by atoms with Gasteiger partial charge in [-0.15, -0.1) is 0 Å². The number of aliphatic hydroxyl groups excluding tert-OH is 2. The Labute approximate surface area is 137 Å². The third-order valence-electron chi connectivity index (χ3n) is 3.29. The molecular weight excluding hydrogens is 290 g/mol. The van der Waals surface area contributed by atoms with Gasteiger partial charge in [-0.1, -0.05) is 36.4 Å². The van der Waals surface area contributed by atoms with Gasteiger partial charge in [-0.05, 0) is 44.0 Å². The van der Waals surface area contributed by atoms with E-state index in [4.69, 9.17) is 15.9 Å². The van der Waals surface area contributed by atoms with Crippen LogP contribution in [0.5, 0.6) is 0 Å². The molecule has 0 heterocycles. The van der Waals surface area contributed by atoms with Gasteiger partial charge in [0.25, 0.3) is 0 Å². The molecule has 4 N–H and O–H groups in total. The zero-order valence-corrected chi connectivity index (χ0v) is 13.8. The second-order valence-electron chi connectivity index (χ2n) is 5.36. The van der Waals surface area contributed by atoms with Gasteiger partial charge >= 0.3 is 0 Å². The number of aryl methyl sites for hydroxylation is 2. The fraction of sp³-hybridized carbons (Fsp3) is 0.333. The summed E-state index contributed by atoms with van der Waals surface area (Å²) < 4.78 is 0. The zero-order valence-electron chi connectivity index (χ0n) is 13.8. The molecule has 5 nitrogen and oxygen atoms in total. The van der Waals surface area contributed by atoms with E-state index in [1.54, 1.807) is 6.92 Å². The van der Waals surface area contributed by atoms with Crippen molar-refractivity contribution in [2.24, 2.45) is 16.0 Å². The number of hydrogen-bond donors (Lipinski definition) is 3. The lowest BCUT2D eigenvalue weighted by Gasteiger charge is -2.08. The van der Waals surface area contributed by atoms with Crippen LogP contribution in [0.4, 0.5) is 11.4 Å². The highest BCUT2D eigenvalue weighted by Crippen LogP contribution is 2.25. The lowest BCUT2D eigenvalue weighted by Crippen LogP contribution is -2.35. The van der Waals surface area contributed by atoms with Crippen LogP contribution < -0.4 is 5.73 Å². The molecule has 124 valence electrons. The van der Waals surface area contributed by atoms with E-state index in [2.05, 4.69) is 10.2 Å². The molecule has 5 heteroatoms. The molecule has 0 saturated heterocycles. The molecular formula is C18H25N3O2. The molecule has 2 atom stereocenters. The van der Waals surface area contributed by atoms with E-state index in [1.165, 1.54) is 0 Å². The first-order valence-corrected chi connectivity index (χ1v) is 7.53. The summed E-state index contributed by atoms with van der Waals surface area (Å²) in [5, 5.41) is 25.3. The van der Waals surface area contributed by atoms with Crippen molar-refractivity contribution in [1.82, 2.24) is 0 Å². The van der Waals surface area contributed by atoms with E-state index < -0.39 is 12.1 Å². The molecule has 23 heavy (non-hydrogen) atoms. The summed E-state index contributed by atoms with van der Waals surface area (Å²) >= 11 is 0. The first-order valence-electron chi connectivity index (χ1n) is 7.53. The fourth-order valence-corrected chi connectivity index (χ4v) is 1.72. The summed E-state index contributed by atoms with van der Waals surface area (Å²) in [5.74, 6) is 0. The van der Waals surface area contributed by atoms with Crippen molar-refractivity contribution in [2.45, 2.75) is 32.9 Å². The largest absolute Gasteiger partial charge is 0.395 e. The number of nitrogens with zero attached hydrogens (tertiary/aromatic N) is 2. The molecule has 2 rings (SSSR count). The van der Waals surface area contributed by atoms with Gasteiger partial charge < -0.3 is 15.9 Å². The monoisotopic (exact) mass is 315 g/mol. The number of nitrogens with two attached hydrogens (primary N) is 1. The third-order valence-corrected chi connectivity index (χ3v) is 3.29. The highest BCUT2D eigenvalue weighted by atomic mass is 16.3. The Morgan fingerprint density at radius 1 is 0.957 bits per heavy atom. The highest BCUT2D eigenvalue weighted by molar-refractivity contribution is 5.51. The van der Waals surface area contributed by atoms with Gasteiger partial charge in [0.05, 0.1) is 30.1 Å². The summed E-state index contributed by atoms with van der Waals surface area (Å²) in [7, 11) is 0. The molecule has 0 unspecified atom stereocenters. The maximum atomic E-state index is 8.54. The smallest absolute Gasteiger partial charge is 0.0915 e. The van der Waals surface area contributed by atoms with Crippen molar-refractivity contribution in [3.8, 4) is 0 Å². The second kappa shape index (κ2) is 9.84. The molecule has 0 amide bonds.